The molecule has 0 aliphatic heterocycles. The van der Waals surface area contributed by atoms with Gasteiger partial charge in [-0.3, -0.25) is 9.59 Å². The Kier molecular flexibility index (Phi) is 3.93. The molecule has 0 fully saturated rings. The van der Waals surface area contributed by atoms with Crippen molar-refractivity contribution >= 4 is 11.8 Å². The van der Waals surface area contributed by atoms with Gasteiger partial charge in [-0.2, -0.15) is 0 Å². The van der Waals surface area contributed by atoms with E-state index in [-0.39, 0.29) is 11.8 Å². The van der Waals surface area contributed by atoms with Crippen LogP contribution < -0.4 is 0 Å². The van der Waals surface area contributed by atoms with Gasteiger partial charge in [0.1, 0.15) is 11.2 Å². The van der Waals surface area contributed by atoms with Crippen molar-refractivity contribution in [2.45, 2.75) is 33.1 Å². The first-order chi connectivity index (χ1) is 7.89. The molecule has 1 heterocycles. The van der Waals surface area contributed by atoms with Gasteiger partial charge >= 0.3 is 5.97 Å². The summed E-state index contributed by atoms with van der Waals surface area (Å²) < 4.78 is 4.95. The number of carbonyl (C=O) groups excluding carboxylic acids is 2. The average molecular weight is 236 g/mol. The lowest BCUT2D eigenvalue weighted by Crippen LogP contribution is -2.33. The first-order valence-electron chi connectivity index (χ1n) is 5.40. The molecule has 1 rings (SSSR count). The van der Waals surface area contributed by atoms with Crippen molar-refractivity contribution in [3.05, 3.63) is 23.8 Å². The monoisotopic (exact) mass is 236 g/mol. The molecule has 1 aromatic heterocycles. The molecule has 0 spiro atoms. The van der Waals surface area contributed by atoms with Crippen LogP contribution in [-0.2, 0) is 14.9 Å². The van der Waals surface area contributed by atoms with Gasteiger partial charge in [0.25, 0.3) is 0 Å². The van der Waals surface area contributed by atoms with E-state index in [4.69, 9.17) is 4.74 Å². The number of Topliss-reactive ketones (excluding diaryl/α,β-unsaturated/α-hetero) is 1. The molecular formula is C12H16N2O3. The zero-order chi connectivity index (χ0) is 13.1. The number of hydrogen-bond donors (Lipinski definition) is 0. The molecule has 0 bridgehead atoms. The van der Waals surface area contributed by atoms with Crippen molar-refractivity contribution in [1.82, 2.24) is 9.97 Å². The van der Waals surface area contributed by atoms with E-state index < -0.39 is 5.41 Å². The van der Waals surface area contributed by atoms with Crippen LogP contribution in [0.25, 0.3) is 0 Å². The summed E-state index contributed by atoms with van der Waals surface area (Å²) in [4.78, 5) is 30.9. The maximum absolute atomic E-state index is 11.7. The highest BCUT2D eigenvalue weighted by Crippen LogP contribution is 2.20. The third kappa shape index (κ3) is 2.87. The maximum Gasteiger partial charge on any atom is 0.319 e. The van der Waals surface area contributed by atoms with Gasteiger partial charge in [-0.1, -0.05) is 0 Å². The minimum absolute atomic E-state index is 0.106. The molecule has 17 heavy (non-hydrogen) atoms. The third-order valence-electron chi connectivity index (χ3n) is 2.40. The van der Waals surface area contributed by atoms with Crippen molar-refractivity contribution in [3.63, 3.8) is 0 Å². The fourth-order valence-corrected chi connectivity index (χ4v) is 1.24. The lowest BCUT2D eigenvalue weighted by atomic mass is 9.92. The number of esters is 1. The van der Waals surface area contributed by atoms with Gasteiger partial charge in [-0.25, -0.2) is 9.97 Å². The molecule has 0 N–H and O–H groups in total. The second kappa shape index (κ2) is 5.03. The van der Waals surface area contributed by atoms with Gasteiger partial charge in [0.2, 0.25) is 0 Å². The molecule has 1 aromatic rings. The van der Waals surface area contributed by atoms with Crippen LogP contribution in [-0.4, -0.2) is 28.3 Å². The molecule has 0 atom stereocenters. The van der Waals surface area contributed by atoms with Crippen LogP contribution >= 0.6 is 0 Å². The Morgan fingerprint density at radius 1 is 1.29 bits per heavy atom. The first kappa shape index (κ1) is 13.3. The summed E-state index contributed by atoms with van der Waals surface area (Å²) in [6.45, 7) is 6.87. The molecule has 0 radical (unpaired) electrons. The van der Waals surface area contributed by atoms with Crippen LogP contribution in [0.3, 0.4) is 0 Å². The Balaban J connectivity index is 2.99. The molecular weight excluding hydrogens is 220 g/mol. The Morgan fingerprint density at radius 3 is 2.24 bits per heavy atom. The Bertz CT molecular complexity index is 424. The van der Waals surface area contributed by atoms with Gasteiger partial charge in [0.15, 0.2) is 5.78 Å². The number of hydrogen-bond acceptors (Lipinski definition) is 5. The predicted molar refractivity (Wildman–Crippen MR) is 61.7 cm³/mol. The summed E-state index contributed by atoms with van der Waals surface area (Å²) in [6.07, 6.45) is 2.84. The predicted octanol–water partition coefficient (Wildman–Crippen LogP) is 1.52. The summed E-state index contributed by atoms with van der Waals surface area (Å²) >= 11 is 0. The van der Waals surface area contributed by atoms with E-state index in [9.17, 15) is 9.59 Å². The highest BCUT2D eigenvalue weighted by molar-refractivity contribution is 5.93. The second-order valence-corrected chi connectivity index (χ2v) is 4.20. The van der Waals surface area contributed by atoms with Crippen molar-refractivity contribution in [1.29, 1.82) is 0 Å². The van der Waals surface area contributed by atoms with E-state index in [1.165, 1.54) is 19.3 Å². The lowest BCUT2D eigenvalue weighted by molar-refractivity contribution is -0.149. The van der Waals surface area contributed by atoms with Crippen molar-refractivity contribution in [2.24, 2.45) is 0 Å². The van der Waals surface area contributed by atoms with Gasteiger partial charge in [-0.05, 0) is 27.7 Å². The molecule has 0 aliphatic carbocycles. The molecule has 0 saturated carbocycles. The number of ether oxygens (including phenoxy) is 1. The van der Waals surface area contributed by atoms with E-state index >= 15 is 0 Å². The van der Waals surface area contributed by atoms with Crippen LogP contribution in [0.4, 0.5) is 0 Å². The molecule has 0 saturated heterocycles. The van der Waals surface area contributed by atoms with E-state index in [2.05, 4.69) is 9.97 Å². The van der Waals surface area contributed by atoms with Gasteiger partial charge in [0.05, 0.1) is 12.2 Å². The molecule has 92 valence electrons. The van der Waals surface area contributed by atoms with Gasteiger partial charge < -0.3 is 4.74 Å². The summed E-state index contributed by atoms with van der Waals surface area (Å²) in [5.41, 5.74) is -0.487. The quantitative estimate of drug-likeness (QED) is 0.585. The molecule has 0 unspecified atom stereocenters. The van der Waals surface area contributed by atoms with Crippen molar-refractivity contribution in [3.8, 4) is 0 Å². The standard InChI is InChI=1S/C12H16N2O3/c1-5-17-11(16)12(3,4)10-13-6-9(7-14-10)8(2)15/h6-7H,5H2,1-4H3. The maximum atomic E-state index is 11.7. The molecule has 0 aliphatic rings. The number of aromatic nitrogens is 2. The first-order valence-corrected chi connectivity index (χ1v) is 5.40. The molecule has 0 aromatic carbocycles. The average Bonchev–Trinajstić information content (AvgIpc) is 2.29. The summed E-state index contributed by atoms with van der Waals surface area (Å²) in [7, 11) is 0. The minimum Gasteiger partial charge on any atom is -0.465 e. The van der Waals surface area contributed by atoms with Crippen molar-refractivity contribution in [2.75, 3.05) is 6.61 Å². The zero-order valence-corrected chi connectivity index (χ0v) is 10.5. The topological polar surface area (TPSA) is 69.2 Å². The zero-order valence-electron chi connectivity index (χ0n) is 10.5. The van der Waals surface area contributed by atoms with Crippen molar-refractivity contribution < 1.29 is 14.3 Å². The van der Waals surface area contributed by atoms with E-state index in [1.54, 1.807) is 20.8 Å². The fraction of sp³-hybridized carbons (Fsp3) is 0.500. The molecule has 5 heteroatoms. The summed E-state index contributed by atoms with van der Waals surface area (Å²) in [5, 5.41) is 0. The molecule has 0 amide bonds. The highest BCUT2D eigenvalue weighted by atomic mass is 16.5. The van der Waals surface area contributed by atoms with Gasteiger partial charge in [0, 0.05) is 12.4 Å². The smallest absolute Gasteiger partial charge is 0.319 e. The van der Waals surface area contributed by atoms with E-state index in [1.807, 2.05) is 0 Å². The fourth-order valence-electron chi connectivity index (χ4n) is 1.24. The van der Waals surface area contributed by atoms with E-state index in [0.717, 1.165) is 0 Å². The largest absolute Gasteiger partial charge is 0.465 e. The SMILES string of the molecule is CCOC(=O)C(C)(C)c1ncc(C(C)=O)cn1. The van der Waals surface area contributed by atoms with Crippen LogP contribution in [0.1, 0.15) is 43.9 Å². The summed E-state index contributed by atoms with van der Waals surface area (Å²) in [5.74, 6) is -0.137. The molecule has 5 nitrogen and oxygen atoms in total. The van der Waals surface area contributed by atoms with Gasteiger partial charge in [-0.15, -0.1) is 0 Å². The van der Waals surface area contributed by atoms with E-state index in [0.29, 0.717) is 18.0 Å². The normalized spacial score (nSPS) is 11.1. The number of rotatable bonds is 4. The van der Waals surface area contributed by atoms with Crippen LogP contribution in [0, 0.1) is 0 Å². The Hall–Kier alpha value is -1.78. The van der Waals surface area contributed by atoms with Crippen LogP contribution in [0.5, 0.6) is 0 Å². The number of ketones is 1. The minimum atomic E-state index is -0.911. The lowest BCUT2D eigenvalue weighted by Gasteiger charge is -2.20. The third-order valence-corrected chi connectivity index (χ3v) is 2.40. The number of nitrogens with zero attached hydrogens (tertiary/aromatic N) is 2. The van der Waals surface area contributed by atoms with Crippen LogP contribution in [0.2, 0.25) is 0 Å². The Morgan fingerprint density at radius 2 is 1.82 bits per heavy atom. The number of carbonyl (C=O) groups is 2. The second-order valence-electron chi connectivity index (χ2n) is 4.20. The van der Waals surface area contributed by atoms with Crippen LogP contribution in [0.15, 0.2) is 12.4 Å². The summed E-state index contributed by atoms with van der Waals surface area (Å²) in [6, 6.07) is 0. The highest BCUT2D eigenvalue weighted by Gasteiger charge is 2.34. The Labute approximate surface area is 100 Å².